The van der Waals surface area contributed by atoms with Gasteiger partial charge < -0.3 is 0 Å². The van der Waals surface area contributed by atoms with Crippen molar-refractivity contribution in [2.45, 2.75) is 30.0 Å². The van der Waals surface area contributed by atoms with Crippen LogP contribution in [-0.2, 0) is 16.2 Å². The van der Waals surface area contributed by atoms with E-state index in [1.165, 1.54) is 12.1 Å². The Kier molecular flexibility index (Phi) is 6.85. The van der Waals surface area contributed by atoms with Crippen LogP contribution in [0.3, 0.4) is 0 Å². The molecule has 0 aliphatic rings. The van der Waals surface area contributed by atoms with Gasteiger partial charge in [0.15, 0.2) is 0 Å². The summed E-state index contributed by atoms with van der Waals surface area (Å²) in [6.45, 7) is 5.17. The molecule has 0 aromatic heterocycles. The fourth-order valence-electron chi connectivity index (χ4n) is 3.38. The highest BCUT2D eigenvalue weighted by molar-refractivity contribution is 7.89. The zero-order valence-electron chi connectivity index (χ0n) is 17.1. The first kappa shape index (κ1) is 23.7. The van der Waals surface area contributed by atoms with Crippen molar-refractivity contribution in [3.05, 3.63) is 114 Å². The summed E-state index contributed by atoms with van der Waals surface area (Å²) in [7, 11) is -4.13. The molecule has 8 heteroatoms. The fourth-order valence-corrected chi connectivity index (χ4v) is 4.61. The van der Waals surface area contributed by atoms with Crippen molar-refractivity contribution in [3.63, 3.8) is 0 Å². The first-order valence-electron chi connectivity index (χ1n) is 9.64. The minimum absolute atomic E-state index is 0.0451. The maximum atomic E-state index is 14.7. The number of benzene rings is 3. The van der Waals surface area contributed by atoms with Crippen LogP contribution in [0.4, 0.5) is 17.6 Å². The third-order valence-corrected chi connectivity index (χ3v) is 6.50. The number of rotatable bonds is 7. The van der Waals surface area contributed by atoms with Crippen LogP contribution < -0.4 is 4.72 Å². The van der Waals surface area contributed by atoms with Crippen molar-refractivity contribution in [2.24, 2.45) is 0 Å². The lowest BCUT2D eigenvalue weighted by Gasteiger charge is -2.28. The van der Waals surface area contributed by atoms with Crippen LogP contribution in [0.15, 0.2) is 96.2 Å². The Balaban J connectivity index is 2.10. The Morgan fingerprint density at radius 2 is 1.44 bits per heavy atom. The van der Waals surface area contributed by atoms with E-state index in [4.69, 9.17) is 0 Å². The van der Waals surface area contributed by atoms with Gasteiger partial charge in [-0.1, -0.05) is 66.7 Å². The van der Waals surface area contributed by atoms with Crippen molar-refractivity contribution >= 4 is 10.0 Å². The van der Waals surface area contributed by atoms with E-state index in [1.807, 2.05) is 0 Å². The molecular weight excluding hydrogens is 442 g/mol. The lowest BCUT2D eigenvalue weighted by molar-refractivity contribution is -0.137. The van der Waals surface area contributed by atoms with E-state index in [-0.39, 0.29) is 10.5 Å². The highest BCUT2D eigenvalue weighted by Gasteiger charge is 2.34. The number of sulfonamides is 1. The molecule has 0 aliphatic heterocycles. The molecule has 0 spiro atoms. The monoisotopic (exact) mass is 463 g/mol. The van der Waals surface area contributed by atoms with Gasteiger partial charge >= 0.3 is 6.18 Å². The second-order valence-electron chi connectivity index (χ2n) is 7.37. The van der Waals surface area contributed by atoms with Crippen molar-refractivity contribution < 1.29 is 26.0 Å². The number of hydrogen-bond acceptors (Lipinski definition) is 2. The summed E-state index contributed by atoms with van der Waals surface area (Å²) in [6.07, 6.45) is -4.56. The molecule has 2 atom stereocenters. The third kappa shape index (κ3) is 5.44. The molecule has 3 aromatic carbocycles. The van der Waals surface area contributed by atoms with E-state index in [9.17, 15) is 26.0 Å². The maximum Gasteiger partial charge on any atom is 0.416 e. The second kappa shape index (κ2) is 9.26. The fraction of sp³-hybridized carbons (Fsp3) is 0.167. The van der Waals surface area contributed by atoms with Crippen molar-refractivity contribution in [2.75, 3.05) is 0 Å². The van der Waals surface area contributed by atoms with Crippen LogP contribution in [0.2, 0.25) is 0 Å². The zero-order chi connectivity index (χ0) is 23.5. The smallest absolute Gasteiger partial charge is 0.212 e. The Morgan fingerprint density at radius 3 is 1.94 bits per heavy atom. The topological polar surface area (TPSA) is 46.2 Å². The van der Waals surface area contributed by atoms with Gasteiger partial charge in [0.25, 0.3) is 0 Å². The largest absolute Gasteiger partial charge is 0.416 e. The summed E-state index contributed by atoms with van der Waals surface area (Å²) in [5.41, 5.74) is 0.553. The Hall–Kier alpha value is -2.97. The average Bonchev–Trinajstić information content (AvgIpc) is 2.73. The van der Waals surface area contributed by atoms with E-state index in [2.05, 4.69) is 11.3 Å². The third-order valence-electron chi connectivity index (χ3n) is 5.04. The van der Waals surface area contributed by atoms with Gasteiger partial charge in [0.05, 0.1) is 22.4 Å². The molecule has 3 nitrogen and oxygen atoms in total. The van der Waals surface area contributed by atoms with Gasteiger partial charge in [-0.2, -0.15) is 13.2 Å². The molecule has 0 radical (unpaired) electrons. The van der Waals surface area contributed by atoms with Gasteiger partial charge in [0.1, 0.15) is 5.83 Å². The van der Waals surface area contributed by atoms with Gasteiger partial charge in [-0.05, 0) is 42.3 Å². The van der Waals surface area contributed by atoms with Crippen LogP contribution in [0.1, 0.15) is 34.2 Å². The Labute approximate surface area is 184 Å². The summed E-state index contributed by atoms with van der Waals surface area (Å²) in [6, 6.07) is 17.0. The van der Waals surface area contributed by atoms with Crippen molar-refractivity contribution in [3.8, 4) is 0 Å². The highest BCUT2D eigenvalue weighted by Crippen LogP contribution is 2.39. The molecule has 0 bridgehead atoms. The molecule has 0 saturated heterocycles. The molecule has 1 N–H and O–H groups in total. The Bertz CT molecular complexity index is 1170. The molecule has 0 saturated carbocycles. The predicted octanol–water partition coefficient (Wildman–Crippen LogP) is 6.30. The van der Waals surface area contributed by atoms with Crippen LogP contribution in [-0.4, -0.2) is 8.42 Å². The normalized spacial score (nSPS) is 14.0. The minimum Gasteiger partial charge on any atom is -0.212 e. The highest BCUT2D eigenvalue weighted by atomic mass is 32.2. The van der Waals surface area contributed by atoms with Crippen LogP contribution in [0, 0.1) is 6.92 Å². The summed E-state index contributed by atoms with van der Waals surface area (Å²) in [4.78, 5) is -0.0451. The van der Waals surface area contributed by atoms with E-state index >= 15 is 0 Å². The molecular formula is C24H21F4NO2S. The van der Waals surface area contributed by atoms with Crippen molar-refractivity contribution in [1.82, 2.24) is 4.72 Å². The molecule has 0 fully saturated rings. The van der Waals surface area contributed by atoms with E-state index < -0.39 is 39.5 Å². The van der Waals surface area contributed by atoms with Crippen LogP contribution in [0.25, 0.3) is 0 Å². The second-order valence-corrected chi connectivity index (χ2v) is 9.08. The molecule has 168 valence electrons. The minimum atomic E-state index is -4.56. The molecule has 0 aliphatic carbocycles. The van der Waals surface area contributed by atoms with E-state index in [0.717, 1.165) is 29.8 Å². The molecule has 2 unspecified atom stereocenters. The molecule has 0 heterocycles. The maximum absolute atomic E-state index is 14.7. The number of hydrogen-bond donors (Lipinski definition) is 1. The van der Waals surface area contributed by atoms with Gasteiger partial charge in [-0.3, -0.25) is 0 Å². The van der Waals surface area contributed by atoms with E-state index in [1.54, 1.807) is 49.4 Å². The molecule has 0 amide bonds. The van der Waals surface area contributed by atoms with Gasteiger partial charge in [-0.25, -0.2) is 17.5 Å². The SMILES string of the molecule is C=C(F)C(c1ccccc1)C(NS(=O)(=O)c1ccc(C)cc1)c1ccc(C(F)(F)F)cc1. The number of aryl methyl sites for hydroxylation is 1. The number of alkyl halides is 3. The standard InChI is InChI=1S/C24H21F4NO2S/c1-16-8-14-21(15-9-16)32(30,31)29-23(19-10-12-20(13-11-19)24(26,27)28)22(17(2)25)18-6-4-3-5-7-18/h3-15,22-23,29H,2H2,1H3. The average molecular weight is 463 g/mol. The Morgan fingerprint density at radius 1 is 0.875 bits per heavy atom. The lowest BCUT2D eigenvalue weighted by Crippen LogP contribution is -2.33. The number of nitrogens with one attached hydrogen (secondary N) is 1. The predicted molar refractivity (Wildman–Crippen MR) is 115 cm³/mol. The first-order valence-corrected chi connectivity index (χ1v) is 11.1. The van der Waals surface area contributed by atoms with Crippen molar-refractivity contribution in [1.29, 1.82) is 0 Å². The van der Waals surface area contributed by atoms with Gasteiger partial charge in [0, 0.05) is 0 Å². The van der Waals surface area contributed by atoms with Crippen LogP contribution >= 0.6 is 0 Å². The van der Waals surface area contributed by atoms with Crippen LogP contribution in [0.5, 0.6) is 0 Å². The summed E-state index contributed by atoms with van der Waals surface area (Å²) < 4.78 is 82.3. The summed E-state index contributed by atoms with van der Waals surface area (Å²) in [5, 5.41) is 0. The number of halogens is 4. The lowest BCUT2D eigenvalue weighted by atomic mass is 9.86. The molecule has 3 aromatic rings. The summed E-state index contributed by atoms with van der Waals surface area (Å²) >= 11 is 0. The first-order chi connectivity index (χ1) is 15.0. The molecule has 32 heavy (non-hydrogen) atoms. The summed E-state index contributed by atoms with van der Waals surface area (Å²) in [5.74, 6) is -1.99. The van der Waals surface area contributed by atoms with Gasteiger partial charge in [-0.15, -0.1) is 0 Å². The van der Waals surface area contributed by atoms with E-state index in [0.29, 0.717) is 5.56 Å². The quantitative estimate of drug-likeness (QED) is 0.418. The zero-order valence-corrected chi connectivity index (χ0v) is 17.9. The van der Waals surface area contributed by atoms with Gasteiger partial charge in [0.2, 0.25) is 10.0 Å². The molecule has 3 rings (SSSR count).